The highest BCUT2D eigenvalue weighted by Gasteiger charge is 2.45. The molecule has 0 saturated carbocycles. The highest BCUT2D eigenvalue weighted by molar-refractivity contribution is 9.10. The first kappa shape index (κ1) is 14.9. The maximum Gasteiger partial charge on any atom is 0.408 e. The van der Waals surface area contributed by atoms with Crippen molar-refractivity contribution in [2.24, 2.45) is 0 Å². The number of rotatable bonds is 2. The number of benzene rings is 1. The second-order valence-electron chi connectivity index (χ2n) is 5.16. The van der Waals surface area contributed by atoms with E-state index in [1.165, 1.54) is 11.1 Å². The smallest absolute Gasteiger partial charge is 0.361 e. The Morgan fingerprint density at radius 2 is 1.90 bits per heavy atom. The Kier molecular flexibility index (Phi) is 3.98. The molecule has 1 fully saturated rings. The van der Waals surface area contributed by atoms with Crippen LogP contribution >= 0.6 is 15.9 Å². The predicted octanol–water partition coefficient (Wildman–Crippen LogP) is 3.44. The van der Waals surface area contributed by atoms with Gasteiger partial charge in [-0.05, 0) is 18.2 Å². The minimum absolute atomic E-state index is 0.292. The van der Waals surface area contributed by atoms with Gasteiger partial charge in [-0.1, -0.05) is 15.9 Å². The fourth-order valence-corrected chi connectivity index (χ4v) is 3.22. The lowest BCUT2D eigenvalue weighted by molar-refractivity contribution is -0.187. The molecule has 114 valence electrons. The zero-order valence-corrected chi connectivity index (χ0v) is 12.8. The summed E-state index contributed by atoms with van der Waals surface area (Å²) < 4.78 is 41.6. The molecule has 0 radical (unpaired) electrons. The summed E-state index contributed by atoms with van der Waals surface area (Å²) in [7, 11) is 0. The van der Waals surface area contributed by atoms with Crippen LogP contribution in [0, 0.1) is 0 Å². The molecule has 2 heterocycles. The summed E-state index contributed by atoms with van der Waals surface area (Å²) in [4.78, 5) is 4.44. The van der Waals surface area contributed by atoms with Crippen molar-refractivity contribution in [3.8, 4) is 0 Å². The highest BCUT2D eigenvalue weighted by atomic mass is 79.9. The van der Waals surface area contributed by atoms with Gasteiger partial charge in [-0.15, -0.1) is 0 Å². The van der Waals surface area contributed by atoms with E-state index in [4.69, 9.17) is 0 Å². The molecule has 1 aliphatic rings. The Morgan fingerprint density at radius 3 is 2.57 bits per heavy atom. The van der Waals surface area contributed by atoms with Gasteiger partial charge in [0.1, 0.15) is 6.04 Å². The first-order chi connectivity index (χ1) is 9.97. The van der Waals surface area contributed by atoms with E-state index in [2.05, 4.69) is 26.2 Å². The molecular formula is C14H15BrF3N3. The molecule has 1 aliphatic heterocycles. The summed E-state index contributed by atoms with van der Waals surface area (Å²) >= 11 is 3.33. The van der Waals surface area contributed by atoms with E-state index in [1.54, 1.807) is 12.1 Å². The molecule has 3 rings (SSSR count). The third kappa shape index (κ3) is 2.95. The predicted molar refractivity (Wildman–Crippen MR) is 79.2 cm³/mol. The summed E-state index contributed by atoms with van der Waals surface area (Å²) in [6.45, 7) is 1.95. The standard InChI is InChI=1S/C14H15BrF3N3/c15-9-1-2-12-10(7-9)11(8-20-12)13(14(16,17)18)21-5-3-19-4-6-21/h1-2,7-8,13,19-20H,3-6H2/t13-/m1/s1. The topological polar surface area (TPSA) is 31.1 Å². The van der Waals surface area contributed by atoms with Crippen molar-refractivity contribution in [1.29, 1.82) is 0 Å². The van der Waals surface area contributed by atoms with Gasteiger partial charge in [0.05, 0.1) is 0 Å². The zero-order valence-electron chi connectivity index (χ0n) is 11.2. The number of piperazine rings is 1. The Labute approximate surface area is 128 Å². The van der Waals surface area contributed by atoms with Gasteiger partial charge in [0, 0.05) is 53.3 Å². The van der Waals surface area contributed by atoms with Crippen LogP contribution < -0.4 is 5.32 Å². The molecular weight excluding hydrogens is 347 g/mol. The van der Waals surface area contributed by atoms with E-state index in [-0.39, 0.29) is 0 Å². The summed E-state index contributed by atoms with van der Waals surface area (Å²) in [5.74, 6) is 0. The van der Waals surface area contributed by atoms with Crippen LogP contribution in [0.1, 0.15) is 11.6 Å². The van der Waals surface area contributed by atoms with Crippen LogP contribution in [0.5, 0.6) is 0 Å². The van der Waals surface area contributed by atoms with Gasteiger partial charge < -0.3 is 10.3 Å². The van der Waals surface area contributed by atoms with E-state index in [0.717, 1.165) is 9.99 Å². The van der Waals surface area contributed by atoms with Crippen molar-refractivity contribution in [3.05, 3.63) is 34.4 Å². The third-order valence-electron chi connectivity index (χ3n) is 3.80. The number of aromatic amines is 1. The van der Waals surface area contributed by atoms with Gasteiger partial charge in [-0.25, -0.2) is 0 Å². The van der Waals surface area contributed by atoms with E-state index < -0.39 is 12.2 Å². The fourth-order valence-electron chi connectivity index (χ4n) is 2.86. The first-order valence-corrected chi connectivity index (χ1v) is 7.54. The summed E-state index contributed by atoms with van der Waals surface area (Å²) in [6.07, 6.45) is -2.81. The largest absolute Gasteiger partial charge is 0.408 e. The van der Waals surface area contributed by atoms with E-state index >= 15 is 0 Å². The van der Waals surface area contributed by atoms with Gasteiger partial charge in [0.2, 0.25) is 0 Å². The maximum absolute atomic E-state index is 13.6. The number of nitrogens with zero attached hydrogens (tertiary/aromatic N) is 1. The molecule has 0 amide bonds. The number of hydrogen-bond acceptors (Lipinski definition) is 2. The Bertz CT molecular complexity index is 632. The molecule has 2 aromatic rings. The average molecular weight is 362 g/mol. The molecule has 1 aromatic heterocycles. The van der Waals surface area contributed by atoms with Crippen molar-refractivity contribution in [2.45, 2.75) is 12.2 Å². The second-order valence-corrected chi connectivity index (χ2v) is 6.08. The van der Waals surface area contributed by atoms with Gasteiger partial charge in [0.15, 0.2) is 0 Å². The zero-order chi connectivity index (χ0) is 15.0. The molecule has 1 aromatic carbocycles. The maximum atomic E-state index is 13.6. The lowest BCUT2D eigenvalue weighted by Gasteiger charge is -2.35. The Morgan fingerprint density at radius 1 is 1.19 bits per heavy atom. The van der Waals surface area contributed by atoms with Crippen LogP contribution in [-0.2, 0) is 0 Å². The van der Waals surface area contributed by atoms with Crippen molar-refractivity contribution < 1.29 is 13.2 Å². The van der Waals surface area contributed by atoms with E-state index in [1.807, 2.05) is 6.07 Å². The third-order valence-corrected chi connectivity index (χ3v) is 4.29. The first-order valence-electron chi connectivity index (χ1n) is 6.75. The molecule has 3 nitrogen and oxygen atoms in total. The number of fused-ring (bicyclic) bond motifs is 1. The summed E-state index contributed by atoms with van der Waals surface area (Å²) in [5, 5.41) is 3.70. The van der Waals surface area contributed by atoms with Crippen molar-refractivity contribution in [3.63, 3.8) is 0 Å². The van der Waals surface area contributed by atoms with Crippen molar-refractivity contribution in [1.82, 2.24) is 15.2 Å². The van der Waals surface area contributed by atoms with Crippen LogP contribution in [-0.4, -0.2) is 42.2 Å². The molecule has 7 heteroatoms. The van der Waals surface area contributed by atoms with Crippen LogP contribution in [0.3, 0.4) is 0 Å². The van der Waals surface area contributed by atoms with Crippen molar-refractivity contribution >= 4 is 26.8 Å². The molecule has 2 N–H and O–H groups in total. The lowest BCUT2D eigenvalue weighted by atomic mass is 10.0. The summed E-state index contributed by atoms with van der Waals surface area (Å²) in [6, 6.07) is 3.77. The Balaban J connectivity index is 2.07. The molecule has 0 unspecified atom stereocenters. The molecule has 21 heavy (non-hydrogen) atoms. The Hall–Kier alpha value is -1.05. The summed E-state index contributed by atoms with van der Waals surface area (Å²) in [5.41, 5.74) is 1.01. The highest BCUT2D eigenvalue weighted by Crippen LogP contribution is 2.41. The second kappa shape index (κ2) is 5.62. The number of halogens is 4. The monoisotopic (exact) mass is 361 g/mol. The SMILES string of the molecule is FC(F)(F)[C@@H](c1c[nH]c2ccc(Br)cc12)N1CCNCC1. The molecule has 1 atom stereocenters. The van der Waals surface area contributed by atoms with Gasteiger partial charge >= 0.3 is 6.18 Å². The van der Waals surface area contributed by atoms with E-state index in [9.17, 15) is 13.2 Å². The minimum atomic E-state index is -4.30. The number of H-pyrrole nitrogens is 1. The van der Waals surface area contributed by atoms with Crippen LogP contribution in [0.2, 0.25) is 0 Å². The van der Waals surface area contributed by atoms with Gasteiger partial charge in [-0.3, -0.25) is 4.90 Å². The minimum Gasteiger partial charge on any atom is -0.361 e. The van der Waals surface area contributed by atoms with Crippen LogP contribution in [0.4, 0.5) is 13.2 Å². The van der Waals surface area contributed by atoms with Gasteiger partial charge in [-0.2, -0.15) is 13.2 Å². The average Bonchev–Trinajstić information content (AvgIpc) is 2.82. The number of hydrogen-bond donors (Lipinski definition) is 2. The number of alkyl halides is 3. The molecule has 1 saturated heterocycles. The molecule has 0 bridgehead atoms. The normalized spacial score (nSPS) is 19.0. The lowest BCUT2D eigenvalue weighted by Crippen LogP contribution is -2.49. The fraction of sp³-hybridized carbons (Fsp3) is 0.429. The number of nitrogens with one attached hydrogen (secondary N) is 2. The van der Waals surface area contributed by atoms with Gasteiger partial charge in [0.25, 0.3) is 0 Å². The van der Waals surface area contributed by atoms with Crippen LogP contribution in [0.25, 0.3) is 10.9 Å². The number of aromatic nitrogens is 1. The molecule has 0 spiro atoms. The quantitative estimate of drug-likeness (QED) is 0.858. The van der Waals surface area contributed by atoms with Crippen LogP contribution in [0.15, 0.2) is 28.9 Å². The van der Waals surface area contributed by atoms with Crippen molar-refractivity contribution in [2.75, 3.05) is 26.2 Å². The van der Waals surface area contributed by atoms with E-state index in [0.29, 0.717) is 37.1 Å². The molecule has 0 aliphatic carbocycles.